The van der Waals surface area contributed by atoms with E-state index < -0.39 is 0 Å². The molecule has 0 spiro atoms. The number of ether oxygens (including phenoxy) is 1. The first kappa shape index (κ1) is 13.4. The van der Waals surface area contributed by atoms with E-state index in [1.165, 1.54) is 10.9 Å². The molecule has 6 heteroatoms. The predicted molar refractivity (Wildman–Crippen MR) is 73.2 cm³/mol. The van der Waals surface area contributed by atoms with Crippen LogP contribution in [0, 0.1) is 22.7 Å². The smallest absolute Gasteiger partial charge is 0.177 e. The van der Waals surface area contributed by atoms with Crippen LogP contribution in [0.4, 0.5) is 5.69 Å². The average molecular weight is 267 g/mol. The van der Waals surface area contributed by atoms with Crippen molar-refractivity contribution in [3.63, 3.8) is 0 Å². The lowest BCUT2D eigenvalue weighted by Gasteiger charge is -2.11. The quantitative estimate of drug-likeness (QED) is 0.853. The highest BCUT2D eigenvalue weighted by Crippen LogP contribution is 2.26. The Hall–Kier alpha value is -2.99. The number of nitrogens with zero attached hydrogens (tertiary/aromatic N) is 4. The molecule has 0 saturated heterocycles. The third kappa shape index (κ3) is 2.40. The molecule has 2 rings (SSSR count). The van der Waals surface area contributed by atoms with Gasteiger partial charge in [-0.3, -0.25) is 4.57 Å². The Kier molecular flexibility index (Phi) is 3.88. The van der Waals surface area contributed by atoms with Gasteiger partial charge in [0.1, 0.15) is 24.2 Å². The van der Waals surface area contributed by atoms with Crippen LogP contribution in [-0.2, 0) is 0 Å². The summed E-state index contributed by atoms with van der Waals surface area (Å²) in [6.45, 7) is 2.56. The molecule has 100 valence electrons. The second kappa shape index (κ2) is 5.77. The number of hydrogen-bond acceptors (Lipinski definition) is 5. The molecule has 1 heterocycles. The molecule has 0 saturated carbocycles. The molecular weight excluding hydrogens is 254 g/mol. The van der Waals surface area contributed by atoms with E-state index in [1.54, 1.807) is 18.2 Å². The van der Waals surface area contributed by atoms with Crippen LogP contribution < -0.4 is 10.5 Å². The molecule has 0 amide bonds. The Morgan fingerprint density at radius 2 is 2.15 bits per heavy atom. The number of aromatic nitrogens is 2. The summed E-state index contributed by atoms with van der Waals surface area (Å²) in [5, 5.41) is 18.0. The van der Waals surface area contributed by atoms with E-state index in [2.05, 4.69) is 4.98 Å². The zero-order chi connectivity index (χ0) is 14.5. The third-order valence-electron chi connectivity index (χ3n) is 2.72. The molecule has 6 nitrogen and oxygen atoms in total. The molecular formula is C14H13N5O. The van der Waals surface area contributed by atoms with E-state index in [4.69, 9.17) is 21.0 Å². The zero-order valence-corrected chi connectivity index (χ0v) is 11.0. The second-order valence-electron chi connectivity index (χ2n) is 4.11. The van der Waals surface area contributed by atoms with E-state index in [9.17, 15) is 0 Å². The summed E-state index contributed by atoms with van der Waals surface area (Å²) in [7, 11) is 0. The Bertz CT molecular complexity index is 705. The van der Waals surface area contributed by atoms with Crippen LogP contribution in [0.15, 0.2) is 24.5 Å². The molecule has 2 N–H and O–H groups in total. The maximum atomic E-state index is 9.13. The van der Waals surface area contributed by atoms with Gasteiger partial charge in [0, 0.05) is 6.07 Å². The van der Waals surface area contributed by atoms with E-state index in [0.717, 1.165) is 6.42 Å². The minimum Gasteiger partial charge on any atom is -0.491 e. The lowest BCUT2D eigenvalue weighted by molar-refractivity contribution is 0.319. The highest BCUT2D eigenvalue weighted by Gasteiger charge is 2.12. The van der Waals surface area contributed by atoms with Crippen molar-refractivity contribution < 1.29 is 4.74 Å². The summed E-state index contributed by atoms with van der Waals surface area (Å²) in [5.74, 6) is 0.556. The molecule has 0 aliphatic carbocycles. The van der Waals surface area contributed by atoms with Crippen LogP contribution in [0.25, 0.3) is 5.69 Å². The number of nitrogen functional groups attached to an aromatic ring is 1. The van der Waals surface area contributed by atoms with Gasteiger partial charge >= 0.3 is 0 Å². The van der Waals surface area contributed by atoms with Crippen molar-refractivity contribution in [1.82, 2.24) is 9.55 Å². The first-order valence-corrected chi connectivity index (χ1v) is 6.11. The number of nitriles is 2. The average Bonchev–Trinajstić information content (AvgIpc) is 2.89. The maximum absolute atomic E-state index is 9.13. The van der Waals surface area contributed by atoms with Gasteiger partial charge < -0.3 is 10.5 Å². The Morgan fingerprint density at radius 3 is 2.80 bits per heavy atom. The fourth-order valence-electron chi connectivity index (χ4n) is 1.74. The first-order valence-electron chi connectivity index (χ1n) is 6.11. The maximum Gasteiger partial charge on any atom is 0.177 e. The van der Waals surface area contributed by atoms with Gasteiger partial charge in [-0.1, -0.05) is 6.92 Å². The van der Waals surface area contributed by atoms with Gasteiger partial charge in [-0.15, -0.1) is 0 Å². The van der Waals surface area contributed by atoms with Crippen molar-refractivity contribution in [3.8, 4) is 23.6 Å². The number of nitrogens with two attached hydrogens (primary N) is 1. The van der Waals surface area contributed by atoms with E-state index in [-0.39, 0.29) is 11.4 Å². The summed E-state index contributed by atoms with van der Waals surface area (Å²) in [6, 6.07) is 9.04. The zero-order valence-electron chi connectivity index (χ0n) is 11.0. The van der Waals surface area contributed by atoms with Gasteiger partial charge in [-0.05, 0) is 18.6 Å². The highest BCUT2D eigenvalue weighted by molar-refractivity contribution is 5.58. The number of benzene rings is 1. The Balaban J connectivity index is 2.46. The number of rotatable bonds is 4. The summed E-state index contributed by atoms with van der Waals surface area (Å²) in [6.07, 6.45) is 2.31. The van der Waals surface area contributed by atoms with Crippen molar-refractivity contribution in [2.45, 2.75) is 13.3 Å². The summed E-state index contributed by atoms with van der Waals surface area (Å²) >= 11 is 0. The van der Waals surface area contributed by atoms with E-state index >= 15 is 0 Å². The van der Waals surface area contributed by atoms with Crippen LogP contribution >= 0.6 is 0 Å². The molecule has 0 unspecified atom stereocenters. The van der Waals surface area contributed by atoms with Crippen LogP contribution in [0.2, 0.25) is 0 Å². The fraction of sp³-hybridized carbons (Fsp3) is 0.214. The molecule has 2 aromatic rings. The summed E-state index contributed by atoms with van der Waals surface area (Å²) < 4.78 is 7.09. The summed E-state index contributed by atoms with van der Waals surface area (Å²) in [5.41, 5.74) is 7.34. The van der Waals surface area contributed by atoms with E-state index in [0.29, 0.717) is 23.7 Å². The van der Waals surface area contributed by atoms with Gasteiger partial charge in [0.25, 0.3) is 0 Å². The van der Waals surface area contributed by atoms with E-state index in [1.807, 2.05) is 19.1 Å². The van der Waals surface area contributed by atoms with Crippen molar-refractivity contribution in [2.75, 3.05) is 12.3 Å². The van der Waals surface area contributed by atoms with Crippen molar-refractivity contribution in [3.05, 3.63) is 35.9 Å². The SMILES string of the molecule is CCCOc1cc(-n2cnc(C#N)c2C#N)ccc1N. The Morgan fingerprint density at radius 1 is 1.35 bits per heavy atom. The van der Waals surface area contributed by atoms with Gasteiger partial charge in [0.2, 0.25) is 0 Å². The highest BCUT2D eigenvalue weighted by atomic mass is 16.5. The lowest BCUT2D eigenvalue weighted by atomic mass is 10.2. The number of hydrogen-bond donors (Lipinski definition) is 1. The molecule has 0 fully saturated rings. The lowest BCUT2D eigenvalue weighted by Crippen LogP contribution is -2.02. The van der Waals surface area contributed by atoms with Gasteiger partial charge in [0.15, 0.2) is 11.4 Å². The predicted octanol–water partition coefficient (Wildman–Crippen LogP) is 1.99. The standard InChI is InChI=1S/C14H13N5O/c1-2-5-20-14-6-10(3-4-11(14)17)19-9-18-12(7-15)13(19)8-16/h3-4,6,9H,2,5,17H2,1H3. The van der Waals surface area contributed by atoms with Crippen LogP contribution in [-0.4, -0.2) is 16.2 Å². The summed E-state index contributed by atoms with van der Waals surface area (Å²) in [4.78, 5) is 3.90. The minimum absolute atomic E-state index is 0.0975. The molecule has 0 aliphatic heterocycles. The second-order valence-corrected chi connectivity index (χ2v) is 4.11. The van der Waals surface area contributed by atoms with Gasteiger partial charge in [0.05, 0.1) is 18.0 Å². The third-order valence-corrected chi connectivity index (χ3v) is 2.72. The normalized spacial score (nSPS) is 9.75. The number of imidazole rings is 1. The molecule has 0 atom stereocenters. The largest absolute Gasteiger partial charge is 0.491 e. The van der Waals surface area contributed by atoms with Crippen LogP contribution in [0.5, 0.6) is 5.75 Å². The van der Waals surface area contributed by atoms with Crippen LogP contribution in [0.3, 0.4) is 0 Å². The van der Waals surface area contributed by atoms with Crippen molar-refractivity contribution in [1.29, 1.82) is 10.5 Å². The first-order chi connectivity index (χ1) is 9.71. The van der Waals surface area contributed by atoms with Gasteiger partial charge in [-0.2, -0.15) is 10.5 Å². The minimum atomic E-state index is 0.0975. The molecule has 1 aromatic carbocycles. The Labute approximate surface area is 116 Å². The number of anilines is 1. The molecule has 20 heavy (non-hydrogen) atoms. The van der Waals surface area contributed by atoms with Crippen LogP contribution in [0.1, 0.15) is 24.7 Å². The molecule has 1 aromatic heterocycles. The molecule has 0 radical (unpaired) electrons. The molecule has 0 aliphatic rings. The van der Waals surface area contributed by atoms with Gasteiger partial charge in [-0.25, -0.2) is 4.98 Å². The monoisotopic (exact) mass is 267 g/mol. The van der Waals surface area contributed by atoms with Crippen molar-refractivity contribution in [2.24, 2.45) is 0 Å². The topological polar surface area (TPSA) is 101 Å². The van der Waals surface area contributed by atoms with Crippen molar-refractivity contribution >= 4 is 5.69 Å². The fourth-order valence-corrected chi connectivity index (χ4v) is 1.74. The molecule has 0 bridgehead atoms.